The predicted molar refractivity (Wildman–Crippen MR) is 145 cm³/mol. The minimum atomic E-state index is -0.537. The molecule has 0 spiro atoms. The number of H-pyrrole nitrogens is 1. The lowest BCUT2D eigenvalue weighted by Crippen LogP contribution is -2.51. The summed E-state index contributed by atoms with van der Waals surface area (Å²) in [6.07, 6.45) is 2.46. The molecule has 9 heteroatoms. The molecule has 1 amide bonds. The Kier molecular flexibility index (Phi) is 9.75. The van der Waals surface area contributed by atoms with Crippen LogP contribution in [0.2, 0.25) is 0 Å². The van der Waals surface area contributed by atoms with Gasteiger partial charge in [-0.1, -0.05) is 51.5 Å². The highest BCUT2D eigenvalue weighted by atomic mass is 16.2. The number of nitrogens with one attached hydrogen (secondary N) is 1. The maximum absolute atomic E-state index is 13.3. The van der Waals surface area contributed by atoms with E-state index in [2.05, 4.69) is 48.9 Å². The van der Waals surface area contributed by atoms with Gasteiger partial charge in [0.1, 0.15) is 11.5 Å². The van der Waals surface area contributed by atoms with Crippen LogP contribution in [-0.2, 0) is 17.9 Å². The number of unbranched alkanes of at least 4 members (excludes halogenated alkanes) is 1. The summed E-state index contributed by atoms with van der Waals surface area (Å²) in [5.41, 5.74) is 8.13. The average Bonchev–Trinajstić information content (AvgIpc) is 2.84. The average molecular weight is 499 g/mol. The summed E-state index contributed by atoms with van der Waals surface area (Å²) in [5, 5.41) is 0. The number of carbonyl (C=O) groups is 1. The fraction of sp³-hybridized carbons (Fsp3) is 0.593. The Hall–Kier alpha value is -3.07. The highest BCUT2D eigenvalue weighted by Gasteiger charge is 2.26. The fourth-order valence-corrected chi connectivity index (χ4v) is 4.55. The molecule has 9 nitrogen and oxygen atoms in total. The third-order valence-corrected chi connectivity index (χ3v) is 6.95. The number of aromatic amines is 1. The fourth-order valence-electron chi connectivity index (χ4n) is 4.55. The molecule has 0 saturated carbocycles. The standard InChI is InChI=1S/C27H42N6O3/c1-5-6-12-33-25(28)24(26(35)29-27(33)36)32(13-11-20(2)3)19-23(34)31-16-14-30(15-17-31)18-22-10-8-7-9-21(22)4/h7-10,20H,5-6,11-19,28H2,1-4H3,(H,29,35,36). The van der Waals surface area contributed by atoms with Gasteiger partial charge < -0.3 is 15.5 Å². The first-order chi connectivity index (χ1) is 17.2. The molecule has 1 aliphatic rings. The largest absolute Gasteiger partial charge is 0.383 e. The molecule has 198 valence electrons. The van der Waals surface area contributed by atoms with Crippen molar-refractivity contribution in [2.45, 2.75) is 60.0 Å². The van der Waals surface area contributed by atoms with E-state index in [9.17, 15) is 14.4 Å². The van der Waals surface area contributed by atoms with Crippen LogP contribution in [0.4, 0.5) is 11.5 Å². The van der Waals surface area contributed by atoms with Crippen molar-refractivity contribution in [1.29, 1.82) is 0 Å². The molecule has 0 radical (unpaired) electrons. The van der Waals surface area contributed by atoms with E-state index in [4.69, 9.17) is 5.73 Å². The third-order valence-electron chi connectivity index (χ3n) is 6.95. The first-order valence-electron chi connectivity index (χ1n) is 13.1. The normalized spacial score (nSPS) is 14.4. The van der Waals surface area contributed by atoms with Crippen molar-refractivity contribution in [3.63, 3.8) is 0 Å². The molecule has 36 heavy (non-hydrogen) atoms. The molecule has 1 saturated heterocycles. The molecule has 1 fully saturated rings. The Bertz CT molecular complexity index is 1130. The number of nitrogens with zero attached hydrogens (tertiary/aromatic N) is 4. The molecule has 0 atom stereocenters. The monoisotopic (exact) mass is 498 g/mol. The van der Waals surface area contributed by atoms with E-state index < -0.39 is 11.2 Å². The van der Waals surface area contributed by atoms with Crippen LogP contribution in [0.3, 0.4) is 0 Å². The number of aryl methyl sites for hydroxylation is 1. The van der Waals surface area contributed by atoms with Gasteiger partial charge in [0, 0.05) is 45.8 Å². The van der Waals surface area contributed by atoms with Crippen LogP contribution < -0.4 is 21.9 Å². The summed E-state index contributed by atoms with van der Waals surface area (Å²) in [6.45, 7) is 13.1. The van der Waals surface area contributed by atoms with Gasteiger partial charge in [0.25, 0.3) is 5.56 Å². The number of nitrogens with two attached hydrogens (primary N) is 1. The van der Waals surface area contributed by atoms with Crippen LogP contribution in [0.1, 0.15) is 51.2 Å². The first-order valence-corrected chi connectivity index (χ1v) is 13.1. The Morgan fingerprint density at radius 1 is 1.14 bits per heavy atom. The number of hydrogen-bond donors (Lipinski definition) is 2. The number of hydrogen-bond acceptors (Lipinski definition) is 6. The number of piperazine rings is 1. The van der Waals surface area contributed by atoms with E-state index in [-0.39, 0.29) is 24.0 Å². The molecule has 2 aromatic rings. The predicted octanol–water partition coefficient (Wildman–Crippen LogP) is 2.42. The molecule has 0 unspecified atom stereocenters. The van der Waals surface area contributed by atoms with Gasteiger partial charge in [-0.3, -0.25) is 24.0 Å². The summed E-state index contributed by atoms with van der Waals surface area (Å²) < 4.78 is 1.41. The number of benzene rings is 1. The van der Waals surface area contributed by atoms with Gasteiger partial charge in [-0.2, -0.15) is 0 Å². The van der Waals surface area contributed by atoms with Gasteiger partial charge in [0.2, 0.25) is 5.91 Å². The van der Waals surface area contributed by atoms with Crippen LogP contribution >= 0.6 is 0 Å². The van der Waals surface area contributed by atoms with Crippen molar-refractivity contribution in [2.24, 2.45) is 5.92 Å². The smallest absolute Gasteiger partial charge is 0.330 e. The quantitative estimate of drug-likeness (QED) is 0.493. The number of rotatable bonds is 11. The maximum Gasteiger partial charge on any atom is 0.330 e. The van der Waals surface area contributed by atoms with E-state index in [1.165, 1.54) is 15.7 Å². The van der Waals surface area contributed by atoms with Crippen LogP contribution in [0, 0.1) is 12.8 Å². The van der Waals surface area contributed by atoms with Crippen LogP contribution in [0.25, 0.3) is 0 Å². The molecule has 1 aliphatic heterocycles. The minimum absolute atomic E-state index is 0.0283. The van der Waals surface area contributed by atoms with Crippen molar-refractivity contribution >= 4 is 17.4 Å². The van der Waals surface area contributed by atoms with Crippen molar-refractivity contribution in [2.75, 3.05) is 49.9 Å². The summed E-state index contributed by atoms with van der Waals surface area (Å²) in [7, 11) is 0. The Morgan fingerprint density at radius 3 is 2.47 bits per heavy atom. The van der Waals surface area contributed by atoms with Crippen molar-refractivity contribution in [3.05, 3.63) is 56.2 Å². The number of amides is 1. The van der Waals surface area contributed by atoms with Crippen LogP contribution in [-0.4, -0.2) is 64.5 Å². The second-order valence-corrected chi connectivity index (χ2v) is 10.2. The van der Waals surface area contributed by atoms with Crippen LogP contribution in [0.15, 0.2) is 33.9 Å². The van der Waals surface area contributed by atoms with Gasteiger partial charge >= 0.3 is 5.69 Å². The summed E-state index contributed by atoms with van der Waals surface area (Å²) in [5.74, 6) is 0.495. The molecule has 3 rings (SSSR count). The first kappa shape index (κ1) is 27.5. The molecule has 3 N–H and O–H groups in total. The third kappa shape index (κ3) is 7.00. The van der Waals surface area contributed by atoms with Gasteiger partial charge in [0.05, 0.1) is 6.54 Å². The second-order valence-electron chi connectivity index (χ2n) is 10.2. The van der Waals surface area contributed by atoms with Gasteiger partial charge in [-0.05, 0) is 36.8 Å². The number of aromatic nitrogens is 2. The topological polar surface area (TPSA) is 108 Å². The number of nitrogen functional groups attached to an aromatic ring is 1. The second kappa shape index (κ2) is 12.8. The molecule has 2 heterocycles. The molecular weight excluding hydrogens is 456 g/mol. The zero-order valence-electron chi connectivity index (χ0n) is 22.3. The van der Waals surface area contributed by atoms with E-state index >= 15 is 0 Å². The summed E-state index contributed by atoms with van der Waals surface area (Å²) in [4.78, 5) is 47.0. The molecule has 1 aromatic carbocycles. The molecule has 1 aromatic heterocycles. The van der Waals surface area contributed by atoms with Crippen molar-refractivity contribution in [3.8, 4) is 0 Å². The zero-order valence-corrected chi connectivity index (χ0v) is 22.3. The van der Waals surface area contributed by atoms with Crippen molar-refractivity contribution in [1.82, 2.24) is 19.4 Å². The van der Waals surface area contributed by atoms with E-state index in [1.807, 2.05) is 17.9 Å². The molecule has 0 bridgehead atoms. The Balaban J connectivity index is 1.73. The summed E-state index contributed by atoms with van der Waals surface area (Å²) in [6, 6.07) is 8.39. The van der Waals surface area contributed by atoms with E-state index in [0.29, 0.717) is 32.1 Å². The Labute approximate surface area is 213 Å². The highest BCUT2D eigenvalue weighted by molar-refractivity contribution is 5.82. The van der Waals surface area contributed by atoms with Gasteiger partial charge in [-0.25, -0.2) is 4.79 Å². The summed E-state index contributed by atoms with van der Waals surface area (Å²) >= 11 is 0. The van der Waals surface area contributed by atoms with Gasteiger partial charge in [-0.15, -0.1) is 0 Å². The number of carbonyl (C=O) groups excluding carboxylic acids is 1. The minimum Gasteiger partial charge on any atom is -0.383 e. The lowest BCUT2D eigenvalue weighted by Gasteiger charge is -2.36. The SMILES string of the molecule is CCCCn1c(N)c(N(CCC(C)C)CC(=O)N2CCN(Cc3ccccc3C)CC2)c(=O)[nH]c1=O. The number of anilines is 2. The van der Waals surface area contributed by atoms with Crippen LogP contribution in [0.5, 0.6) is 0 Å². The van der Waals surface area contributed by atoms with E-state index in [1.54, 1.807) is 4.90 Å². The molecule has 0 aliphatic carbocycles. The van der Waals surface area contributed by atoms with E-state index in [0.717, 1.165) is 38.9 Å². The lowest BCUT2D eigenvalue weighted by atomic mass is 10.1. The van der Waals surface area contributed by atoms with Gasteiger partial charge in [0.15, 0.2) is 0 Å². The van der Waals surface area contributed by atoms with Crippen molar-refractivity contribution < 1.29 is 4.79 Å². The Morgan fingerprint density at radius 2 is 1.83 bits per heavy atom. The highest BCUT2D eigenvalue weighted by Crippen LogP contribution is 2.19. The lowest BCUT2D eigenvalue weighted by molar-refractivity contribution is -0.131. The zero-order chi connectivity index (χ0) is 26.2. The maximum atomic E-state index is 13.3. The molecular formula is C27H42N6O3.